The van der Waals surface area contributed by atoms with Crippen molar-refractivity contribution in [3.63, 3.8) is 0 Å². The molecule has 24 heavy (non-hydrogen) atoms. The lowest BCUT2D eigenvalue weighted by atomic mass is 9.86. The van der Waals surface area contributed by atoms with Crippen LogP contribution < -0.4 is 5.32 Å². The van der Waals surface area contributed by atoms with Crippen molar-refractivity contribution in [2.24, 2.45) is 5.92 Å². The van der Waals surface area contributed by atoms with E-state index in [9.17, 15) is 0 Å². The zero-order valence-corrected chi connectivity index (χ0v) is 15.3. The molecule has 3 rings (SSSR count). The van der Waals surface area contributed by atoms with E-state index in [-0.39, 0.29) is 0 Å². The fourth-order valence-corrected chi connectivity index (χ4v) is 3.52. The van der Waals surface area contributed by atoms with Crippen molar-refractivity contribution in [2.45, 2.75) is 45.2 Å². The summed E-state index contributed by atoms with van der Waals surface area (Å²) in [6.45, 7) is 3.09. The monoisotopic (exact) mass is 342 g/mol. The Labute approximate surface area is 149 Å². The van der Waals surface area contributed by atoms with Gasteiger partial charge in [-0.15, -0.1) is 0 Å². The zero-order valence-electron chi connectivity index (χ0n) is 14.5. The van der Waals surface area contributed by atoms with Crippen molar-refractivity contribution >= 4 is 17.3 Å². The number of hydrogen-bond acceptors (Lipinski definition) is 2. The van der Waals surface area contributed by atoms with Gasteiger partial charge < -0.3 is 10.2 Å². The highest BCUT2D eigenvalue weighted by atomic mass is 32.1. The van der Waals surface area contributed by atoms with Gasteiger partial charge in [-0.05, 0) is 43.1 Å². The first-order chi connectivity index (χ1) is 11.6. The van der Waals surface area contributed by atoms with E-state index in [1.165, 1.54) is 25.7 Å². The summed E-state index contributed by atoms with van der Waals surface area (Å²) < 4.78 is 1.91. The van der Waals surface area contributed by atoms with Crippen LogP contribution in [-0.2, 0) is 6.54 Å². The predicted octanol–water partition coefficient (Wildman–Crippen LogP) is 3.76. The molecule has 0 radical (unpaired) electrons. The Balaban J connectivity index is 1.57. The van der Waals surface area contributed by atoms with Gasteiger partial charge in [0.15, 0.2) is 5.11 Å². The summed E-state index contributed by atoms with van der Waals surface area (Å²) in [5, 5.41) is 8.84. The molecule has 0 spiro atoms. The van der Waals surface area contributed by atoms with Gasteiger partial charge in [0.2, 0.25) is 0 Å². The molecule has 1 saturated carbocycles. The molecule has 1 fully saturated rings. The van der Waals surface area contributed by atoms with Crippen LogP contribution in [0.1, 0.15) is 38.2 Å². The summed E-state index contributed by atoms with van der Waals surface area (Å²) in [6, 6.07) is 10.7. The highest BCUT2D eigenvalue weighted by Gasteiger charge is 2.22. The van der Waals surface area contributed by atoms with Crippen LogP contribution in [0, 0.1) is 5.92 Å². The molecule has 5 heteroatoms. The predicted molar refractivity (Wildman–Crippen MR) is 102 cm³/mol. The highest BCUT2D eigenvalue weighted by molar-refractivity contribution is 7.80. The number of aromatic nitrogens is 2. The minimum atomic E-state index is 0.515. The molecular weight excluding hydrogens is 316 g/mol. The number of benzene rings is 1. The number of rotatable bonds is 4. The second-order valence-corrected chi connectivity index (χ2v) is 7.19. The van der Waals surface area contributed by atoms with Crippen LogP contribution in [0.15, 0.2) is 42.7 Å². The fourth-order valence-electron chi connectivity index (χ4n) is 3.31. The lowest BCUT2D eigenvalue weighted by Crippen LogP contribution is -2.46. The van der Waals surface area contributed by atoms with Crippen molar-refractivity contribution in [2.75, 3.05) is 7.05 Å². The molecule has 4 nitrogen and oxygen atoms in total. The Kier molecular flexibility index (Phi) is 5.51. The van der Waals surface area contributed by atoms with E-state index < -0.39 is 0 Å². The Bertz CT molecular complexity index is 667. The molecule has 2 aromatic rings. The van der Waals surface area contributed by atoms with E-state index in [2.05, 4.69) is 40.6 Å². The first-order valence-electron chi connectivity index (χ1n) is 8.74. The molecule has 0 saturated heterocycles. The van der Waals surface area contributed by atoms with Crippen molar-refractivity contribution in [3.8, 4) is 5.69 Å². The van der Waals surface area contributed by atoms with Crippen molar-refractivity contribution in [1.82, 2.24) is 20.0 Å². The third-order valence-electron chi connectivity index (χ3n) is 4.84. The normalized spacial score (nSPS) is 20.6. The van der Waals surface area contributed by atoms with E-state index in [1.54, 1.807) is 0 Å². The van der Waals surface area contributed by atoms with Crippen LogP contribution in [0.5, 0.6) is 0 Å². The summed E-state index contributed by atoms with van der Waals surface area (Å²) >= 11 is 5.60. The van der Waals surface area contributed by atoms with Gasteiger partial charge in [-0.3, -0.25) is 0 Å². The standard InChI is InChI=1S/C19H26N4S/c1-15-8-6-7-11-18(15)21-19(24)22(2)13-16-12-20-23(14-16)17-9-4-3-5-10-17/h3-5,9-10,12,14-15,18H,6-8,11,13H2,1-2H3,(H,21,24)/t15-,18+/m0/s1. The number of nitrogens with one attached hydrogen (secondary N) is 1. The molecule has 1 N–H and O–H groups in total. The number of para-hydroxylation sites is 1. The summed E-state index contributed by atoms with van der Waals surface area (Å²) in [5.74, 6) is 0.700. The molecule has 2 atom stereocenters. The zero-order chi connectivity index (χ0) is 16.9. The molecular formula is C19H26N4S. The Morgan fingerprint density at radius 2 is 2.04 bits per heavy atom. The van der Waals surface area contributed by atoms with Gasteiger partial charge in [0, 0.05) is 31.4 Å². The van der Waals surface area contributed by atoms with Crippen LogP contribution in [-0.4, -0.2) is 32.9 Å². The van der Waals surface area contributed by atoms with E-state index in [0.717, 1.165) is 22.9 Å². The lowest BCUT2D eigenvalue weighted by Gasteiger charge is -2.32. The van der Waals surface area contributed by atoms with Gasteiger partial charge in [0.1, 0.15) is 0 Å². The van der Waals surface area contributed by atoms with Crippen molar-refractivity contribution < 1.29 is 0 Å². The van der Waals surface area contributed by atoms with E-state index in [4.69, 9.17) is 12.2 Å². The molecule has 128 valence electrons. The molecule has 1 aliphatic carbocycles. The van der Waals surface area contributed by atoms with Gasteiger partial charge in [-0.2, -0.15) is 5.10 Å². The lowest BCUT2D eigenvalue weighted by molar-refractivity contribution is 0.300. The fraction of sp³-hybridized carbons (Fsp3) is 0.474. The van der Waals surface area contributed by atoms with Crippen LogP contribution in [0.3, 0.4) is 0 Å². The highest BCUT2D eigenvalue weighted by Crippen LogP contribution is 2.23. The molecule has 0 amide bonds. The molecule has 1 heterocycles. The van der Waals surface area contributed by atoms with E-state index in [0.29, 0.717) is 12.0 Å². The van der Waals surface area contributed by atoms with E-state index >= 15 is 0 Å². The summed E-state index contributed by atoms with van der Waals surface area (Å²) in [7, 11) is 2.04. The van der Waals surface area contributed by atoms with Crippen LogP contribution >= 0.6 is 12.2 Å². The van der Waals surface area contributed by atoms with E-state index in [1.807, 2.05) is 36.1 Å². The second kappa shape index (κ2) is 7.79. The minimum Gasteiger partial charge on any atom is -0.360 e. The van der Waals surface area contributed by atoms with Gasteiger partial charge in [-0.25, -0.2) is 4.68 Å². The summed E-state index contributed by atoms with van der Waals surface area (Å²) in [6.07, 6.45) is 9.15. The van der Waals surface area contributed by atoms with Crippen LogP contribution in [0.25, 0.3) is 5.69 Å². The Morgan fingerprint density at radius 1 is 1.29 bits per heavy atom. The maximum absolute atomic E-state index is 5.60. The Hall–Kier alpha value is -1.88. The summed E-state index contributed by atoms with van der Waals surface area (Å²) in [5.41, 5.74) is 2.23. The third kappa shape index (κ3) is 4.15. The van der Waals surface area contributed by atoms with Gasteiger partial charge in [0.25, 0.3) is 0 Å². The maximum Gasteiger partial charge on any atom is 0.169 e. The molecule has 1 aromatic carbocycles. The number of nitrogens with zero attached hydrogens (tertiary/aromatic N) is 3. The molecule has 1 aromatic heterocycles. The van der Waals surface area contributed by atoms with Crippen molar-refractivity contribution in [1.29, 1.82) is 0 Å². The van der Waals surface area contributed by atoms with Gasteiger partial charge in [0.05, 0.1) is 11.9 Å². The van der Waals surface area contributed by atoms with Gasteiger partial charge >= 0.3 is 0 Å². The second-order valence-electron chi connectivity index (χ2n) is 6.80. The molecule has 1 aliphatic rings. The largest absolute Gasteiger partial charge is 0.360 e. The van der Waals surface area contributed by atoms with Crippen LogP contribution in [0.4, 0.5) is 0 Å². The molecule has 0 aliphatic heterocycles. The SMILES string of the molecule is C[C@H]1CCCC[C@H]1NC(=S)N(C)Cc1cnn(-c2ccccc2)c1. The number of hydrogen-bond donors (Lipinski definition) is 1. The first kappa shape index (κ1) is 17.0. The van der Waals surface area contributed by atoms with Gasteiger partial charge in [-0.1, -0.05) is 38.0 Å². The van der Waals surface area contributed by atoms with Crippen molar-refractivity contribution in [3.05, 3.63) is 48.3 Å². The summed E-state index contributed by atoms with van der Waals surface area (Å²) in [4.78, 5) is 2.10. The minimum absolute atomic E-state index is 0.515. The molecule has 0 bridgehead atoms. The topological polar surface area (TPSA) is 33.1 Å². The third-order valence-corrected chi connectivity index (χ3v) is 5.27. The average Bonchev–Trinajstić information content (AvgIpc) is 3.06. The smallest absolute Gasteiger partial charge is 0.169 e. The Morgan fingerprint density at radius 3 is 2.79 bits per heavy atom. The van der Waals surface area contributed by atoms with Crippen LogP contribution in [0.2, 0.25) is 0 Å². The average molecular weight is 343 g/mol. The maximum atomic E-state index is 5.60. The molecule has 0 unspecified atom stereocenters. The first-order valence-corrected chi connectivity index (χ1v) is 9.15. The number of thiocarbonyl (C=S) groups is 1. The quantitative estimate of drug-likeness (QED) is 0.858.